The van der Waals surface area contributed by atoms with E-state index in [4.69, 9.17) is 10.5 Å². The number of halogens is 2. The Morgan fingerprint density at radius 1 is 1.15 bits per heavy atom. The molecule has 0 aliphatic carbocycles. The first kappa shape index (κ1) is 28.2. The number of carboxylic acids is 1. The van der Waals surface area contributed by atoms with Crippen LogP contribution < -0.4 is 21.8 Å². The van der Waals surface area contributed by atoms with E-state index in [1.807, 2.05) is 0 Å². The predicted molar refractivity (Wildman–Crippen MR) is 144 cm³/mol. The maximum absolute atomic E-state index is 15.4. The van der Waals surface area contributed by atoms with Crippen molar-refractivity contribution in [3.8, 4) is 0 Å². The van der Waals surface area contributed by atoms with Gasteiger partial charge in [-0.15, -0.1) is 11.3 Å². The second-order valence-corrected chi connectivity index (χ2v) is 9.81. The minimum absolute atomic E-state index is 0.0882. The molecule has 2 aromatic carbocycles. The number of nitrogen functional groups attached to an aromatic ring is 1. The van der Waals surface area contributed by atoms with Crippen molar-refractivity contribution >= 4 is 45.2 Å². The molecule has 4 rings (SSSR count). The molecule has 0 saturated heterocycles. The number of alkyl carbamates (subject to hydrolysis) is 1. The highest BCUT2D eigenvalue weighted by molar-refractivity contribution is 7.14. The number of amides is 2. The molecule has 0 saturated carbocycles. The minimum atomic E-state index is -1.58. The lowest BCUT2D eigenvalue weighted by atomic mass is 10.0. The molecule has 2 heterocycles. The number of fused-ring (bicyclic) bond motifs is 1. The van der Waals surface area contributed by atoms with Crippen molar-refractivity contribution < 1.29 is 33.0 Å². The Kier molecular flexibility index (Phi) is 8.43. The number of nitrogens with one attached hydrogen (secondary N) is 2. The van der Waals surface area contributed by atoms with Gasteiger partial charge in [-0.1, -0.05) is 30.3 Å². The van der Waals surface area contributed by atoms with Crippen LogP contribution >= 0.6 is 11.3 Å². The number of benzene rings is 2. The quantitative estimate of drug-likeness (QED) is 0.241. The molecule has 0 spiro atoms. The fourth-order valence-corrected chi connectivity index (χ4v) is 4.70. The number of anilines is 1. The highest BCUT2D eigenvalue weighted by atomic mass is 32.1. The molecule has 0 aliphatic heterocycles. The van der Waals surface area contributed by atoms with Crippen LogP contribution in [0.3, 0.4) is 0 Å². The molecule has 0 aliphatic rings. The Bertz CT molecular complexity index is 1650. The molecule has 2 aromatic heterocycles. The number of carbonyl (C=O) groups is 3. The summed E-state index contributed by atoms with van der Waals surface area (Å²) in [5.41, 5.74) is 5.10. The fourth-order valence-electron chi connectivity index (χ4n) is 4.04. The Hall–Kier alpha value is -4.78. The molecule has 0 bridgehead atoms. The van der Waals surface area contributed by atoms with Crippen LogP contribution in [0, 0.1) is 11.6 Å². The average molecular weight is 571 g/mol. The molecule has 10 nitrogen and oxygen atoms in total. The van der Waals surface area contributed by atoms with Crippen molar-refractivity contribution in [2.24, 2.45) is 7.05 Å². The first-order chi connectivity index (χ1) is 19.0. The van der Waals surface area contributed by atoms with E-state index in [0.717, 1.165) is 12.3 Å². The van der Waals surface area contributed by atoms with Crippen LogP contribution in [0.4, 0.5) is 18.6 Å². The monoisotopic (exact) mass is 570 g/mol. The zero-order chi connectivity index (χ0) is 29.0. The Morgan fingerprint density at radius 3 is 2.52 bits per heavy atom. The number of rotatable bonds is 9. The SMILES string of the molecule is Cn1cc(C(=O)NCC(NC(=O)OCc2ccccc2)C(=O)O)c(=O)c2cc(F)c(Cc3csc(N)c3)c(F)c21. The van der Waals surface area contributed by atoms with Gasteiger partial charge in [0.2, 0.25) is 5.43 Å². The van der Waals surface area contributed by atoms with Crippen molar-refractivity contribution in [2.75, 3.05) is 12.3 Å². The number of thiophene rings is 1. The number of aryl methyl sites for hydroxylation is 1. The first-order valence-electron chi connectivity index (χ1n) is 11.9. The lowest BCUT2D eigenvalue weighted by Crippen LogP contribution is -2.49. The zero-order valence-corrected chi connectivity index (χ0v) is 21.9. The highest BCUT2D eigenvalue weighted by Gasteiger charge is 2.25. The fraction of sp³-hybridized carbons (Fsp3) is 0.185. The number of hydrogen-bond acceptors (Lipinski definition) is 7. The van der Waals surface area contributed by atoms with Crippen LogP contribution in [-0.2, 0) is 29.6 Å². The van der Waals surface area contributed by atoms with Crippen LogP contribution in [0.25, 0.3) is 10.9 Å². The van der Waals surface area contributed by atoms with E-state index in [9.17, 15) is 28.7 Å². The Morgan fingerprint density at radius 2 is 1.88 bits per heavy atom. The summed E-state index contributed by atoms with van der Waals surface area (Å²) in [7, 11) is 1.39. The van der Waals surface area contributed by atoms with Gasteiger partial charge >= 0.3 is 12.1 Å². The lowest BCUT2D eigenvalue weighted by molar-refractivity contribution is -0.139. The van der Waals surface area contributed by atoms with Crippen LogP contribution in [0.15, 0.2) is 58.8 Å². The van der Waals surface area contributed by atoms with Crippen LogP contribution in [0.2, 0.25) is 0 Å². The van der Waals surface area contributed by atoms with E-state index < -0.39 is 53.2 Å². The number of aromatic nitrogens is 1. The smallest absolute Gasteiger partial charge is 0.408 e. The van der Waals surface area contributed by atoms with Crippen molar-refractivity contribution in [1.29, 1.82) is 0 Å². The summed E-state index contributed by atoms with van der Waals surface area (Å²) in [5.74, 6) is -4.37. The number of pyridine rings is 1. The highest BCUT2D eigenvalue weighted by Crippen LogP contribution is 2.27. The lowest BCUT2D eigenvalue weighted by Gasteiger charge is -2.16. The number of hydrogen-bond donors (Lipinski definition) is 4. The van der Waals surface area contributed by atoms with Gasteiger partial charge in [-0.3, -0.25) is 9.59 Å². The van der Waals surface area contributed by atoms with Gasteiger partial charge in [-0.05, 0) is 28.6 Å². The van der Waals surface area contributed by atoms with Crippen molar-refractivity contribution in [1.82, 2.24) is 15.2 Å². The molecule has 1 atom stereocenters. The van der Waals surface area contributed by atoms with Gasteiger partial charge < -0.3 is 30.8 Å². The van der Waals surface area contributed by atoms with E-state index in [2.05, 4.69) is 10.6 Å². The van der Waals surface area contributed by atoms with Crippen LogP contribution in [0.5, 0.6) is 0 Å². The van der Waals surface area contributed by atoms with Gasteiger partial charge in [-0.25, -0.2) is 18.4 Å². The number of carbonyl (C=O) groups excluding carboxylic acids is 2. The van der Waals surface area contributed by atoms with Gasteiger partial charge in [-0.2, -0.15) is 0 Å². The second-order valence-electron chi connectivity index (χ2n) is 8.87. The number of ether oxygens (including phenoxy) is 1. The summed E-state index contributed by atoms with van der Waals surface area (Å²) < 4.78 is 36.5. The molecule has 5 N–H and O–H groups in total. The summed E-state index contributed by atoms with van der Waals surface area (Å²) >= 11 is 1.23. The predicted octanol–water partition coefficient (Wildman–Crippen LogP) is 3.16. The maximum atomic E-state index is 15.4. The average Bonchev–Trinajstić information content (AvgIpc) is 3.34. The third-order valence-corrected chi connectivity index (χ3v) is 6.83. The molecule has 13 heteroatoms. The summed E-state index contributed by atoms with van der Waals surface area (Å²) in [6.45, 7) is -0.699. The van der Waals surface area contributed by atoms with Crippen LogP contribution in [-0.4, -0.2) is 40.2 Å². The molecule has 208 valence electrons. The van der Waals surface area contributed by atoms with E-state index in [1.165, 1.54) is 23.0 Å². The normalized spacial score (nSPS) is 11.7. The molecule has 2 amide bonds. The summed E-state index contributed by atoms with van der Waals surface area (Å²) in [6, 6.07) is 9.58. The van der Waals surface area contributed by atoms with E-state index in [-0.39, 0.29) is 29.5 Å². The topological polar surface area (TPSA) is 153 Å². The third kappa shape index (κ3) is 6.26. The molecular formula is C27H24F2N4O6S. The third-order valence-electron chi connectivity index (χ3n) is 6.02. The Balaban J connectivity index is 1.50. The van der Waals surface area contributed by atoms with Gasteiger partial charge in [0.15, 0.2) is 5.82 Å². The zero-order valence-electron chi connectivity index (χ0n) is 21.1. The molecular weight excluding hydrogens is 546 g/mol. The molecule has 0 fully saturated rings. The molecule has 40 heavy (non-hydrogen) atoms. The van der Waals surface area contributed by atoms with E-state index in [0.29, 0.717) is 16.1 Å². The molecule has 0 radical (unpaired) electrons. The van der Waals surface area contributed by atoms with E-state index >= 15 is 4.39 Å². The van der Waals surface area contributed by atoms with Gasteiger partial charge in [0.1, 0.15) is 24.0 Å². The summed E-state index contributed by atoms with van der Waals surface area (Å²) in [5, 5.41) is 15.6. The van der Waals surface area contributed by atoms with E-state index in [1.54, 1.807) is 41.8 Å². The van der Waals surface area contributed by atoms with Gasteiger partial charge in [0.05, 0.1) is 15.9 Å². The number of carboxylic acid groups (broad SMARTS) is 1. The first-order valence-corrected chi connectivity index (χ1v) is 12.7. The Labute approximate surface area is 230 Å². The van der Waals surface area contributed by atoms with Gasteiger partial charge in [0, 0.05) is 31.8 Å². The largest absolute Gasteiger partial charge is 0.480 e. The summed E-state index contributed by atoms with van der Waals surface area (Å²) in [4.78, 5) is 49.5. The summed E-state index contributed by atoms with van der Waals surface area (Å²) in [6.07, 6.45) is -0.0428. The second kappa shape index (κ2) is 11.9. The molecule has 4 aromatic rings. The van der Waals surface area contributed by atoms with Crippen molar-refractivity contribution in [3.63, 3.8) is 0 Å². The van der Waals surface area contributed by atoms with Crippen molar-refractivity contribution in [3.05, 3.63) is 98.2 Å². The number of aliphatic carboxylic acids is 1. The molecule has 1 unspecified atom stereocenters. The maximum Gasteiger partial charge on any atom is 0.408 e. The number of nitrogens with zero attached hydrogens (tertiary/aromatic N) is 1. The minimum Gasteiger partial charge on any atom is -0.480 e. The number of nitrogens with two attached hydrogens (primary N) is 1. The standard InChI is InChI=1S/C27H24F2N4O6S/c1-33-11-18(24(34)17-9-19(28)16(22(29)23(17)33)7-15-8-21(30)40-13-15)25(35)31-10-20(26(36)37)32-27(38)39-12-14-5-3-2-4-6-14/h2-6,8-9,11,13,20H,7,10,12,30H2,1H3,(H,31,35)(H,32,38)(H,36,37). The van der Waals surface area contributed by atoms with Gasteiger partial charge in [0.25, 0.3) is 5.91 Å². The van der Waals surface area contributed by atoms with Crippen molar-refractivity contribution in [2.45, 2.75) is 19.1 Å². The van der Waals surface area contributed by atoms with Crippen LogP contribution in [0.1, 0.15) is 27.0 Å².